The van der Waals surface area contributed by atoms with Crippen molar-refractivity contribution in [2.24, 2.45) is 5.92 Å². The lowest BCUT2D eigenvalue weighted by molar-refractivity contribution is 0.0695. The van der Waals surface area contributed by atoms with Crippen LogP contribution in [-0.2, 0) is 20.8 Å². The smallest absolute Gasteiger partial charge is 0.336 e. The second kappa shape index (κ2) is 6.72. The number of halogens is 3. The Bertz CT molecular complexity index is 679. The molecule has 0 bridgehead atoms. The Labute approximate surface area is 139 Å². The number of rotatable bonds is 6. The number of hydrogen-bond donors (Lipinski definition) is 1. The van der Waals surface area contributed by atoms with E-state index in [-0.39, 0.29) is 29.2 Å². The predicted molar refractivity (Wildman–Crippen MR) is 84.2 cm³/mol. The number of aromatic carboxylic acids is 1. The third-order valence-electron chi connectivity index (χ3n) is 3.01. The van der Waals surface area contributed by atoms with Crippen LogP contribution < -0.4 is 0 Å². The van der Waals surface area contributed by atoms with Gasteiger partial charge in [0.2, 0.25) is 0 Å². The predicted octanol–water partition coefficient (Wildman–Crippen LogP) is 3.93. The maximum Gasteiger partial charge on any atom is 0.336 e. The van der Waals surface area contributed by atoms with Crippen LogP contribution in [0.15, 0.2) is 17.0 Å². The molecule has 0 saturated carbocycles. The van der Waals surface area contributed by atoms with E-state index in [9.17, 15) is 22.7 Å². The van der Waals surface area contributed by atoms with Gasteiger partial charge in [0.25, 0.3) is 4.59 Å². The van der Waals surface area contributed by atoms with Crippen LogP contribution in [0.25, 0.3) is 0 Å². The molecule has 0 aliphatic carbocycles. The first-order valence-electron chi connectivity index (χ1n) is 6.61. The number of sulfone groups is 1. The Morgan fingerprint density at radius 3 is 2.27 bits per heavy atom. The zero-order valence-corrected chi connectivity index (χ0v) is 14.7. The third-order valence-corrected chi connectivity index (χ3v) is 5.61. The van der Waals surface area contributed by atoms with Crippen LogP contribution in [0.3, 0.4) is 0 Å². The van der Waals surface area contributed by atoms with Crippen LogP contribution in [0, 0.1) is 5.92 Å². The molecule has 0 fully saturated rings. The van der Waals surface area contributed by atoms with Crippen LogP contribution in [-0.4, -0.2) is 25.2 Å². The molecule has 124 valence electrons. The third kappa shape index (κ3) is 4.12. The summed E-state index contributed by atoms with van der Waals surface area (Å²) in [5, 5.41) is 9.21. The Balaban J connectivity index is 3.83. The van der Waals surface area contributed by atoms with Gasteiger partial charge >= 0.3 is 5.97 Å². The molecule has 1 N–H and O–H groups in total. The molecule has 0 amide bonds. The fraction of sp³-hybridized carbons (Fsp3) is 0.500. The Kier molecular flexibility index (Phi) is 5.87. The fourth-order valence-electron chi connectivity index (χ4n) is 2.28. The number of carboxylic acid groups (broad SMARTS) is 1. The van der Waals surface area contributed by atoms with Crippen LogP contribution in [0.4, 0.5) is 4.39 Å². The van der Waals surface area contributed by atoms with E-state index in [2.05, 4.69) is 0 Å². The zero-order valence-electron chi connectivity index (χ0n) is 12.4. The highest BCUT2D eigenvalue weighted by Gasteiger charge is 2.36. The van der Waals surface area contributed by atoms with E-state index in [1.807, 2.05) is 0 Å². The number of carboxylic acids is 1. The Morgan fingerprint density at radius 1 is 1.36 bits per heavy atom. The van der Waals surface area contributed by atoms with Crippen molar-refractivity contribution in [1.29, 1.82) is 0 Å². The van der Waals surface area contributed by atoms with Crippen molar-refractivity contribution in [3.05, 3.63) is 28.8 Å². The molecule has 1 aromatic rings. The van der Waals surface area contributed by atoms with E-state index < -0.39 is 30.9 Å². The van der Waals surface area contributed by atoms with E-state index >= 15 is 0 Å². The first-order valence-corrected chi connectivity index (χ1v) is 9.01. The molecule has 0 heterocycles. The van der Waals surface area contributed by atoms with Gasteiger partial charge in [0, 0.05) is 5.56 Å². The molecular formula is C14H17Cl2FO4S. The summed E-state index contributed by atoms with van der Waals surface area (Å²) < 4.78 is 36.3. The lowest BCUT2D eigenvalue weighted by Gasteiger charge is -2.20. The maximum atomic E-state index is 14.0. The van der Waals surface area contributed by atoms with Gasteiger partial charge in [-0.3, -0.25) is 0 Å². The molecule has 0 aliphatic heterocycles. The Hall–Kier alpha value is -0.850. The summed E-state index contributed by atoms with van der Waals surface area (Å²) in [4.78, 5) is 10.9. The van der Waals surface area contributed by atoms with Crippen molar-refractivity contribution >= 4 is 39.0 Å². The second-order valence-electron chi connectivity index (χ2n) is 5.30. The van der Waals surface area contributed by atoms with Gasteiger partial charge in [-0.1, -0.05) is 50.0 Å². The molecule has 0 saturated heterocycles. The van der Waals surface area contributed by atoms with Gasteiger partial charge in [-0.25, -0.2) is 17.6 Å². The van der Waals surface area contributed by atoms with Gasteiger partial charge in [0.1, 0.15) is 0 Å². The number of carbonyl (C=O) groups is 1. The average Bonchev–Trinajstić information content (AvgIpc) is 2.33. The van der Waals surface area contributed by atoms with Crippen LogP contribution in [0.1, 0.15) is 42.3 Å². The van der Waals surface area contributed by atoms with Crippen molar-refractivity contribution < 1.29 is 22.7 Å². The van der Waals surface area contributed by atoms with Gasteiger partial charge in [-0.15, -0.1) is 0 Å². The van der Waals surface area contributed by atoms with E-state index in [1.54, 1.807) is 20.8 Å². The minimum absolute atomic E-state index is 0.00831. The topological polar surface area (TPSA) is 71.4 Å². The minimum Gasteiger partial charge on any atom is -0.478 e. The molecule has 4 nitrogen and oxygen atoms in total. The first kappa shape index (κ1) is 19.2. The molecule has 0 spiro atoms. The van der Waals surface area contributed by atoms with Crippen molar-refractivity contribution in [2.45, 2.75) is 36.7 Å². The van der Waals surface area contributed by atoms with Gasteiger partial charge in [0.05, 0.1) is 16.2 Å². The summed E-state index contributed by atoms with van der Waals surface area (Å²) in [7, 11) is -3.94. The fourth-order valence-corrected chi connectivity index (χ4v) is 4.92. The average molecular weight is 371 g/mol. The highest BCUT2D eigenvalue weighted by atomic mass is 35.5. The van der Waals surface area contributed by atoms with Gasteiger partial charge in [0.15, 0.2) is 9.84 Å². The molecule has 8 heteroatoms. The lowest BCUT2D eigenvalue weighted by atomic mass is 10.0. The number of hydrogen-bond acceptors (Lipinski definition) is 3. The molecule has 0 aliphatic rings. The van der Waals surface area contributed by atoms with Crippen LogP contribution in [0.5, 0.6) is 0 Å². The lowest BCUT2D eigenvalue weighted by Crippen LogP contribution is -2.21. The molecule has 0 aromatic heterocycles. The SMILES string of the molecule is CCc1c(C(=O)O)ccc(C(F)(Cl)Cl)c1S(=O)(=O)CC(C)C. The normalized spacial score (nSPS) is 12.7. The van der Waals surface area contributed by atoms with E-state index in [1.165, 1.54) is 0 Å². The standard InChI is InChI=1S/C14H17Cl2FO4S/c1-4-9-10(13(18)19)5-6-11(14(15,16)17)12(9)22(20,21)7-8(2)3/h5-6,8H,4,7H2,1-3H3,(H,18,19). The van der Waals surface area contributed by atoms with E-state index in [4.69, 9.17) is 23.2 Å². The molecule has 0 unspecified atom stereocenters. The van der Waals surface area contributed by atoms with E-state index in [0.29, 0.717) is 0 Å². The first-order chi connectivity index (χ1) is 9.91. The molecule has 0 atom stereocenters. The highest BCUT2D eigenvalue weighted by molar-refractivity contribution is 7.91. The molecule has 22 heavy (non-hydrogen) atoms. The van der Waals surface area contributed by atoms with Crippen molar-refractivity contribution in [3.8, 4) is 0 Å². The van der Waals surface area contributed by atoms with Crippen molar-refractivity contribution in [1.82, 2.24) is 0 Å². The summed E-state index contributed by atoms with van der Waals surface area (Å²) in [6.45, 7) is 4.96. The van der Waals surface area contributed by atoms with Crippen molar-refractivity contribution in [2.75, 3.05) is 5.75 Å². The zero-order chi connectivity index (χ0) is 17.3. The molecule has 1 rings (SSSR count). The minimum atomic E-state index is -3.94. The number of alkyl halides is 3. The number of benzene rings is 1. The highest BCUT2D eigenvalue weighted by Crippen LogP contribution is 2.41. The van der Waals surface area contributed by atoms with Crippen LogP contribution >= 0.6 is 23.2 Å². The summed E-state index contributed by atoms with van der Waals surface area (Å²) in [6.07, 6.45) is 0.0893. The van der Waals surface area contributed by atoms with Gasteiger partial charge in [-0.2, -0.15) is 0 Å². The summed E-state index contributed by atoms with van der Waals surface area (Å²) in [5.41, 5.74) is -0.640. The summed E-state index contributed by atoms with van der Waals surface area (Å²) in [6, 6.07) is 2.12. The summed E-state index contributed by atoms with van der Waals surface area (Å²) in [5.74, 6) is -1.78. The maximum absolute atomic E-state index is 14.0. The monoisotopic (exact) mass is 370 g/mol. The second-order valence-corrected chi connectivity index (χ2v) is 8.51. The quantitative estimate of drug-likeness (QED) is 0.769. The van der Waals surface area contributed by atoms with Crippen LogP contribution in [0.2, 0.25) is 0 Å². The van der Waals surface area contributed by atoms with Crippen molar-refractivity contribution in [3.63, 3.8) is 0 Å². The Morgan fingerprint density at radius 2 is 1.91 bits per heavy atom. The largest absolute Gasteiger partial charge is 0.478 e. The molecule has 1 aromatic carbocycles. The van der Waals surface area contributed by atoms with Gasteiger partial charge < -0.3 is 5.11 Å². The van der Waals surface area contributed by atoms with E-state index in [0.717, 1.165) is 12.1 Å². The molecular weight excluding hydrogens is 354 g/mol. The summed E-state index contributed by atoms with van der Waals surface area (Å²) >= 11 is 10.9. The van der Waals surface area contributed by atoms with Gasteiger partial charge in [-0.05, 0) is 24.0 Å². The molecule has 0 radical (unpaired) electrons.